The quantitative estimate of drug-likeness (QED) is 0.483. The van der Waals surface area contributed by atoms with Crippen LogP contribution in [0.2, 0.25) is 0 Å². The van der Waals surface area contributed by atoms with Crippen LogP contribution in [0.25, 0.3) is 0 Å². The summed E-state index contributed by atoms with van der Waals surface area (Å²) in [4.78, 5) is 14.2. The maximum absolute atomic E-state index is 12.2. The van der Waals surface area contributed by atoms with E-state index < -0.39 is 35.0 Å². The molecule has 1 N–H and O–H groups in total. The van der Waals surface area contributed by atoms with Gasteiger partial charge >= 0.3 is 63.7 Å². The van der Waals surface area contributed by atoms with Crippen LogP contribution >= 0.6 is 0 Å². The Hall–Kier alpha value is -0.414. The molecule has 0 atom stereocenters. The number of nitriles is 1. The van der Waals surface area contributed by atoms with Gasteiger partial charge in [-0.15, -0.1) is 0 Å². The minimum Gasteiger partial charge on any atom is -1.00 e. The van der Waals surface area contributed by atoms with Crippen molar-refractivity contribution in [3.63, 3.8) is 0 Å². The molecule has 0 aliphatic carbocycles. The van der Waals surface area contributed by atoms with Gasteiger partial charge in [-0.25, -0.2) is 4.98 Å². The first-order valence-electron chi connectivity index (χ1n) is 3.76. The predicted octanol–water partition coefficient (Wildman–Crippen LogP) is -1.20. The normalized spacial score (nSPS) is 11.6. The zero-order valence-electron chi connectivity index (χ0n) is 9.57. The number of nitrogens with zero attached hydrogens (tertiary/aromatic N) is 2. The summed E-state index contributed by atoms with van der Waals surface area (Å²) in [6.45, 7) is 0. The Bertz CT molecular complexity index is 546. The summed E-state index contributed by atoms with van der Waals surface area (Å²) in [5.74, 6) is -2.10. The number of H-pyrrole nitrogens is 1. The van der Waals surface area contributed by atoms with Gasteiger partial charge in [0.2, 0.25) is 5.82 Å². The molecule has 0 saturated heterocycles. The second-order valence-corrected chi connectivity index (χ2v) is 2.75. The van der Waals surface area contributed by atoms with Gasteiger partial charge in [0, 0.05) is 0 Å². The van der Waals surface area contributed by atoms with E-state index >= 15 is 0 Å². The first-order valence-corrected chi connectivity index (χ1v) is 3.76. The number of rotatable bonds is 0. The van der Waals surface area contributed by atoms with E-state index in [1.165, 1.54) is 0 Å². The van der Waals surface area contributed by atoms with Crippen LogP contribution in [0.15, 0.2) is 4.79 Å². The SMILES string of the molecule is N#Cc1c(C(F)(F)F)nc(C(F)(F)F)[nH]c1=O.[H-].[K+]. The summed E-state index contributed by atoms with van der Waals surface area (Å²) in [6.07, 6.45) is -10.6. The minimum atomic E-state index is -5.32. The maximum atomic E-state index is 12.2. The Balaban J connectivity index is 0. The van der Waals surface area contributed by atoms with E-state index in [1.54, 1.807) is 0 Å². The van der Waals surface area contributed by atoms with Crippen LogP contribution in [0.5, 0.6) is 0 Å². The van der Waals surface area contributed by atoms with Crippen molar-refractivity contribution >= 4 is 0 Å². The largest absolute Gasteiger partial charge is 1.00 e. The Labute approximate surface area is 139 Å². The molecule has 11 heteroatoms. The Morgan fingerprint density at radius 2 is 1.67 bits per heavy atom. The van der Waals surface area contributed by atoms with E-state index in [0.29, 0.717) is 0 Å². The van der Waals surface area contributed by atoms with Gasteiger partial charge in [0.15, 0.2) is 5.69 Å². The van der Waals surface area contributed by atoms with Crippen molar-refractivity contribution in [2.45, 2.75) is 12.4 Å². The van der Waals surface area contributed by atoms with Gasteiger partial charge in [0.1, 0.15) is 11.6 Å². The number of aromatic amines is 1. The van der Waals surface area contributed by atoms with E-state index in [4.69, 9.17) is 5.26 Å². The topological polar surface area (TPSA) is 69.5 Å². The molecule has 0 spiro atoms. The second-order valence-electron chi connectivity index (χ2n) is 2.75. The molecule has 0 aliphatic rings. The van der Waals surface area contributed by atoms with Crippen LogP contribution in [0.4, 0.5) is 26.3 Å². The van der Waals surface area contributed by atoms with Gasteiger partial charge in [0.05, 0.1) is 0 Å². The number of alkyl halides is 6. The zero-order chi connectivity index (χ0) is 13.4. The van der Waals surface area contributed by atoms with E-state index in [2.05, 4.69) is 4.98 Å². The molecule has 4 nitrogen and oxygen atoms in total. The predicted molar refractivity (Wildman–Crippen MR) is 40.7 cm³/mol. The third-order valence-electron chi connectivity index (χ3n) is 1.57. The molecule has 1 aromatic heterocycles. The summed E-state index contributed by atoms with van der Waals surface area (Å²) in [7, 11) is 0. The summed E-state index contributed by atoms with van der Waals surface area (Å²) < 4.78 is 73.0. The molecule has 0 bridgehead atoms. The molecule has 1 rings (SSSR count). The van der Waals surface area contributed by atoms with Crippen LogP contribution in [-0.2, 0) is 12.4 Å². The molecule has 0 fully saturated rings. The smallest absolute Gasteiger partial charge is 1.00 e. The van der Waals surface area contributed by atoms with Crippen LogP contribution in [0, 0.1) is 11.3 Å². The third kappa shape index (κ3) is 3.79. The standard InChI is InChI=1S/C7HF6N3O.K.H/c8-6(9,10)3-2(1-14)4(17)16-5(15-3)7(11,12)13;;/h(H,15,16,17);;/q;+1;-1. The van der Waals surface area contributed by atoms with Crippen molar-refractivity contribution in [2.75, 3.05) is 0 Å². The van der Waals surface area contributed by atoms with Gasteiger partial charge in [-0.05, 0) is 0 Å². The number of hydrogen-bond acceptors (Lipinski definition) is 3. The number of halogens is 6. The maximum Gasteiger partial charge on any atom is 1.00 e. The van der Waals surface area contributed by atoms with Crippen LogP contribution in [0.1, 0.15) is 18.5 Å². The van der Waals surface area contributed by atoms with Crippen molar-refractivity contribution in [2.24, 2.45) is 0 Å². The van der Waals surface area contributed by atoms with Crippen LogP contribution < -0.4 is 56.9 Å². The molecule has 0 unspecified atom stereocenters. The van der Waals surface area contributed by atoms with Crippen molar-refractivity contribution < 1.29 is 79.2 Å². The Morgan fingerprint density at radius 3 is 2.00 bits per heavy atom. The Morgan fingerprint density at radius 1 is 1.17 bits per heavy atom. The molecular formula is C7H2F6KN3O. The van der Waals surface area contributed by atoms with Gasteiger partial charge in [-0.3, -0.25) is 4.79 Å². The molecule has 0 saturated carbocycles. The van der Waals surface area contributed by atoms with Crippen molar-refractivity contribution in [3.05, 3.63) is 27.4 Å². The third-order valence-corrected chi connectivity index (χ3v) is 1.57. The van der Waals surface area contributed by atoms with E-state index in [0.717, 1.165) is 11.1 Å². The average Bonchev–Trinajstić information content (AvgIpc) is 2.13. The fraction of sp³-hybridized carbons (Fsp3) is 0.286. The number of nitrogens with one attached hydrogen (secondary N) is 1. The monoisotopic (exact) mass is 297 g/mol. The van der Waals surface area contributed by atoms with Gasteiger partial charge in [-0.2, -0.15) is 31.6 Å². The summed E-state index contributed by atoms with van der Waals surface area (Å²) >= 11 is 0. The van der Waals surface area contributed by atoms with Crippen molar-refractivity contribution in [1.82, 2.24) is 9.97 Å². The van der Waals surface area contributed by atoms with E-state index in [-0.39, 0.29) is 52.8 Å². The summed E-state index contributed by atoms with van der Waals surface area (Å²) in [5.41, 5.74) is -5.45. The first kappa shape index (κ1) is 17.6. The average molecular weight is 297 g/mol. The van der Waals surface area contributed by atoms with Crippen LogP contribution in [-0.4, -0.2) is 9.97 Å². The molecule has 0 aliphatic heterocycles. The van der Waals surface area contributed by atoms with Crippen LogP contribution in [0.3, 0.4) is 0 Å². The molecule has 0 aromatic carbocycles. The molecule has 0 radical (unpaired) electrons. The van der Waals surface area contributed by atoms with E-state index in [1.807, 2.05) is 0 Å². The van der Waals surface area contributed by atoms with Gasteiger partial charge < -0.3 is 6.41 Å². The fourth-order valence-corrected chi connectivity index (χ4v) is 0.916. The molecule has 1 aromatic rings. The fourth-order valence-electron chi connectivity index (χ4n) is 0.916. The first-order chi connectivity index (χ1) is 7.57. The summed E-state index contributed by atoms with van der Waals surface area (Å²) in [6, 6.07) is 0.855. The molecule has 1 heterocycles. The second kappa shape index (κ2) is 5.70. The number of aromatic nitrogens is 2. The van der Waals surface area contributed by atoms with Gasteiger partial charge in [-0.1, -0.05) is 0 Å². The minimum absolute atomic E-state index is 0. The zero-order valence-corrected chi connectivity index (χ0v) is 11.7. The van der Waals surface area contributed by atoms with E-state index in [9.17, 15) is 31.1 Å². The molecular weight excluding hydrogens is 295 g/mol. The molecule has 18 heavy (non-hydrogen) atoms. The molecule has 94 valence electrons. The Kier molecular flexibility index (Phi) is 5.57. The van der Waals surface area contributed by atoms with Gasteiger partial charge in [0.25, 0.3) is 5.56 Å². The molecule has 0 amide bonds. The van der Waals surface area contributed by atoms with Crippen molar-refractivity contribution in [1.29, 1.82) is 5.26 Å². The van der Waals surface area contributed by atoms with Crippen molar-refractivity contribution in [3.8, 4) is 6.07 Å². The number of hydrogen-bond donors (Lipinski definition) is 1. The summed E-state index contributed by atoms with van der Waals surface area (Å²) in [5, 5.41) is 8.27.